The topological polar surface area (TPSA) is 68.3 Å². The third kappa shape index (κ3) is 5.18. The molecule has 0 radical (unpaired) electrons. The Balaban J connectivity index is 2.02. The fourth-order valence-corrected chi connectivity index (χ4v) is 2.55. The number of thiazole rings is 1. The highest BCUT2D eigenvalue weighted by Gasteiger charge is 2.18. The second-order valence-electron chi connectivity index (χ2n) is 5.46. The van der Waals surface area contributed by atoms with Crippen LogP contribution in [0, 0.1) is 11.6 Å². The largest absolute Gasteiger partial charge is 0.449 e. The minimum Gasteiger partial charge on any atom is -0.449 e. The number of ether oxygens (including phenoxy) is 1. The van der Waals surface area contributed by atoms with Crippen molar-refractivity contribution in [1.82, 2.24) is 4.98 Å². The van der Waals surface area contributed by atoms with Crippen LogP contribution in [0.4, 0.5) is 13.9 Å². The number of carbonyl (C=O) groups is 2. The third-order valence-corrected chi connectivity index (χ3v) is 3.78. The maximum atomic E-state index is 13.3. The molecule has 1 atom stereocenters. The summed E-state index contributed by atoms with van der Waals surface area (Å²) in [6, 6.07) is 3.43. The van der Waals surface area contributed by atoms with Crippen LogP contribution < -0.4 is 5.32 Å². The van der Waals surface area contributed by atoms with E-state index in [4.69, 9.17) is 4.74 Å². The summed E-state index contributed by atoms with van der Waals surface area (Å²) in [4.78, 5) is 27.7. The predicted molar refractivity (Wildman–Crippen MR) is 91.1 cm³/mol. The van der Waals surface area contributed by atoms with E-state index in [0.29, 0.717) is 11.3 Å². The van der Waals surface area contributed by atoms with Crippen LogP contribution in [0.2, 0.25) is 0 Å². The Morgan fingerprint density at radius 1 is 1.28 bits per heavy atom. The Bertz CT molecular complexity index is 829. The molecule has 1 amide bonds. The molecule has 8 heteroatoms. The van der Waals surface area contributed by atoms with Crippen molar-refractivity contribution in [2.45, 2.75) is 26.9 Å². The number of rotatable bonds is 5. The number of hydrogen-bond acceptors (Lipinski definition) is 5. The van der Waals surface area contributed by atoms with Gasteiger partial charge in [-0.2, -0.15) is 0 Å². The lowest BCUT2D eigenvalue weighted by atomic mass is 10.2. The molecule has 0 unspecified atom stereocenters. The molecule has 5 nitrogen and oxygen atoms in total. The van der Waals surface area contributed by atoms with Gasteiger partial charge in [0, 0.05) is 17.0 Å². The fraction of sp³-hybridized carbons (Fsp3) is 0.235. The number of carbonyl (C=O) groups excluding carboxylic acids is 2. The van der Waals surface area contributed by atoms with Crippen LogP contribution in [0.15, 0.2) is 35.2 Å². The summed E-state index contributed by atoms with van der Waals surface area (Å²) in [7, 11) is 0. The number of nitrogens with zero attached hydrogens (tertiary/aromatic N) is 1. The highest BCUT2D eigenvalue weighted by molar-refractivity contribution is 7.14. The van der Waals surface area contributed by atoms with Crippen LogP contribution in [0.1, 0.15) is 20.8 Å². The highest BCUT2D eigenvalue weighted by Crippen LogP contribution is 2.26. The number of esters is 1. The summed E-state index contributed by atoms with van der Waals surface area (Å²) in [6.45, 7) is 4.92. The van der Waals surface area contributed by atoms with E-state index in [2.05, 4.69) is 10.3 Å². The zero-order chi connectivity index (χ0) is 18.6. The first kappa shape index (κ1) is 18.7. The Labute approximate surface area is 147 Å². The van der Waals surface area contributed by atoms with E-state index in [0.717, 1.165) is 29.0 Å². The fourth-order valence-electron chi connectivity index (χ4n) is 1.82. The molecule has 1 aromatic carbocycles. The van der Waals surface area contributed by atoms with Gasteiger partial charge in [0.25, 0.3) is 5.91 Å². The van der Waals surface area contributed by atoms with Gasteiger partial charge in [-0.1, -0.05) is 5.57 Å². The molecule has 0 bridgehead atoms. The number of hydrogen-bond donors (Lipinski definition) is 1. The second-order valence-corrected chi connectivity index (χ2v) is 6.31. The quantitative estimate of drug-likeness (QED) is 0.643. The normalized spacial score (nSPS) is 11.6. The van der Waals surface area contributed by atoms with E-state index in [1.54, 1.807) is 19.2 Å². The molecule has 0 aliphatic carbocycles. The number of anilines is 1. The van der Waals surface area contributed by atoms with E-state index < -0.39 is 29.6 Å². The zero-order valence-electron chi connectivity index (χ0n) is 13.8. The summed E-state index contributed by atoms with van der Waals surface area (Å²) in [5.74, 6) is -3.07. The monoisotopic (exact) mass is 366 g/mol. The van der Waals surface area contributed by atoms with Crippen molar-refractivity contribution < 1.29 is 23.1 Å². The molecule has 0 aliphatic heterocycles. The summed E-state index contributed by atoms with van der Waals surface area (Å²) < 4.78 is 31.2. The molecule has 0 saturated carbocycles. The van der Waals surface area contributed by atoms with Crippen molar-refractivity contribution in [2.24, 2.45) is 0 Å². The van der Waals surface area contributed by atoms with Crippen LogP contribution >= 0.6 is 11.3 Å². The molecule has 1 N–H and O–H groups in total. The molecule has 1 heterocycles. The van der Waals surface area contributed by atoms with Crippen molar-refractivity contribution in [3.8, 4) is 11.3 Å². The van der Waals surface area contributed by atoms with E-state index in [1.807, 2.05) is 0 Å². The first-order valence-corrected chi connectivity index (χ1v) is 8.21. The molecule has 2 aromatic rings. The predicted octanol–water partition coefficient (Wildman–Crippen LogP) is 3.92. The SMILES string of the molecule is CC(C)=CC(=O)O[C@H](C)C(=O)Nc1nc(-c2ccc(F)c(F)c2)cs1. The maximum Gasteiger partial charge on any atom is 0.331 e. The molecular formula is C17H16F2N2O3S. The number of allylic oxidation sites excluding steroid dienone is 1. The Morgan fingerprint density at radius 3 is 2.64 bits per heavy atom. The molecule has 0 fully saturated rings. The lowest BCUT2D eigenvalue weighted by Crippen LogP contribution is -2.29. The van der Waals surface area contributed by atoms with E-state index in [1.165, 1.54) is 19.1 Å². The van der Waals surface area contributed by atoms with Gasteiger partial charge in [-0.15, -0.1) is 11.3 Å². The van der Waals surface area contributed by atoms with Crippen LogP contribution in [0.25, 0.3) is 11.3 Å². The van der Waals surface area contributed by atoms with E-state index in [-0.39, 0.29) is 5.13 Å². The summed E-state index contributed by atoms with van der Waals surface area (Å²) >= 11 is 1.12. The number of halogens is 2. The van der Waals surface area contributed by atoms with Crippen molar-refractivity contribution in [3.63, 3.8) is 0 Å². The molecular weight excluding hydrogens is 350 g/mol. The average molecular weight is 366 g/mol. The average Bonchev–Trinajstić information content (AvgIpc) is 2.97. The minimum absolute atomic E-state index is 0.259. The van der Waals surface area contributed by atoms with Gasteiger partial charge in [0.05, 0.1) is 5.69 Å². The van der Waals surface area contributed by atoms with E-state index in [9.17, 15) is 18.4 Å². The van der Waals surface area contributed by atoms with E-state index >= 15 is 0 Å². The molecule has 0 aliphatic rings. The molecule has 25 heavy (non-hydrogen) atoms. The van der Waals surface area contributed by atoms with Crippen LogP contribution in [0.3, 0.4) is 0 Å². The number of amides is 1. The van der Waals surface area contributed by atoms with Gasteiger partial charge >= 0.3 is 5.97 Å². The van der Waals surface area contributed by atoms with Gasteiger partial charge < -0.3 is 4.74 Å². The minimum atomic E-state index is -1.00. The molecule has 132 valence electrons. The smallest absolute Gasteiger partial charge is 0.331 e. The molecule has 0 spiro atoms. The Morgan fingerprint density at radius 2 is 2.00 bits per heavy atom. The van der Waals surface area contributed by atoms with Gasteiger partial charge in [-0.05, 0) is 39.0 Å². The summed E-state index contributed by atoms with van der Waals surface area (Å²) in [5.41, 5.74) is 1.54. The first-order valence-electron chi connectivity index (χ1n) is 7.33. The highest BCUT2D eigenvalue weighted by atomic mass is 32.1. The van der Waals surface area contributed by atoms with Crippen molar-refractivity contribution in [2.75, 3.05) is 5.32 Å². The van der Waals surface area contributed by atoms with Gasteiger partial charge in [0.15, 0.2) is 22.9 Å². The second kappa shape index (κ2) is 7.98. The Hall–Kier alpha value is -2.61. The summed E-state index contributed by atoms with van der Waals surface area (Å²) in [5, 5.41) is 4.38. The summed E-state index contributed by atoms with van der Waals surface area (Å²) in [6.07, 6.45) is 0.285. The first-order chi connectivity index (χ1) is 11.8. The zero-order valence-corrected chi connectivity index (χ0v) is 14.6. The van der Waals surface area contributed by atoms with Gasteiger partial charge in [0.1, 0.15) is 0 Å². The lowest BCUT2D eigenvalue weighted by Gasteiger charge is -2.10. The maximum absolute atomic E-state index is 13.3. The van der Waals surface area contributed by atoms with Crippen molar-refractivity contribution >= 4 is 28.3 Å². The standard InChI is InChI=1S/C17H16F2N2O3S/c1-9(2)6-15(22)24-10(3)16(23)21-17-20-14(8-25-17)11-4-5-12(18)13(19)7-11/h4-8,10H,1-3H3,(H,20,21,23)/t10-/m1/s1. The molecule has 0 saturated heterocycles. The van der Waals surface area contributed by atoms with Crippen molar-refractivity contribution in [3.05, 3.63) is 46.9 Å². The van der Waals surface area contributed by atoms with Gasteiger partial charge in [-0.3, -0.25) is 10.1 Å². The van der Waals surface area contributed by atoms with Crippen LogP contribution in [-0.2, 0) is 14.3 Å². The number of benzene rings is 1. The number of nitrogens with one attached hydrogen (secondary N) is 1. The van der Waals surface area contributed by atoms with Crippen LogP contribution in [0.5, 0.6) is 0 Å². The van der Waals surface area contributed by atoms with Crippen LogP contribution in [-0.4, -0.2) is 23.0 Å². The lowest BCUT2D eigenvalue weighted by molar-refractivity contribution is -0.148. The third-order valence-electron chi connectivity index (χ3n) is 3.02. The molecule has 1 aromatic heterocycles. The van der Waals surface area contributed by atoms with Gasteiger partial charge in [0.2, 0.25) is 0 Å². The van der Waals surface area contributed by atoms with Gasteiger partial charge in [-0.25, -0.2) is 18.6 Å². The van der Waals surface area contributed by atoms with Crippen molar-refractivity contribution in [1.29, 1.82) is 0 Å². The Kier molecular flexibility index (Phi) is 5.97. The molecule has 2 rings (SSSR count). The number of aromatic nitrogens is 1.